The highest BCUT2D eigenvalue weighted by Crippen LogP contribution is 2.41. The van der Waals surface area contributed by atoms with Crippen LogP contribution in [0, 0.1) is 5.41 Å². The fourth-order valence-corrected chi connectivity index (χ4v) is 4.80. The van der Waals surface area contributed by atoms with Gasteiger partial charge in [-0.1, -0.05) is 13.8 Å². The molecule has 2 bridgehead atoms. The standard InChI is InChI=1S/C20H27F2N3O/c1-19(2)12-14-13-25(17(19)11-18(26)23-14)16-5-3-15(4-6-16)24-9-7-20(21,22)8-10-24/h3-6,14,17H,7-13H2,1-2H3,(H,23,26)/t14-,17+/m0/s1. The number of amides is 1. The molecule has 6 heteroatoms. The number of nitrogens with one attached hydrogen (secondary N) is 1. The van der Waals surface area contributed by atoms with Crippen molar-refractivity contribution in [3.8, 4) is 0 Å². The first-order valence-corrected chi connectivity index (χ1v) is 9.52. The number of rotatable bonds is 2. The summed E-state index contributed by atoms with van der Waals surface area (Å²) in [4.78, 5) is 16.5. The Morgan fingerprint density at radius 3 is 2.35 bits per heavy atom. The molecule has 4 aliphatic rings. The molecule has 5 rings (SSSR count). The Morgan fingerprint density at radius 2 is 1.69 bits per heavy atom. The monoisotopic (exact) mass is 363 g/mol. The van der Waals surface area contributed by atoms with E-state index in [0.717, 1.165) is 24.3 Å². The molecular formula is C20H27F2N3O. The first-order chi connectivity index (χ1) is 12.2. The first-order valence-electron chi connectivity index (χ1n) is 9.52. The smallest absolute Gasteiger partial charge is 0.251 e. The molecule has 4 saturated heterocycles. The Morgan fingerprint density at radius 1 is 1.08 bits per heavy atom. The number of carbonyl (C=O) groups is 1. The second kappa shape index (κ2) is 6.10. The summed E-state index contributed by atoms with van der Waals surface area (Å²) in [6, 6.07) is 8.56. The Bertz CT molecular complexity index is 679. The number of fused-ring (bicyclic) bond motifs is 4. The van der Waals surface area contributed by atoms with Crippen LogP contribution in [0.4, 0.5) is 20.2 Å². The number of anilines is 2. The predicted molar refractivity (Wildman–Crippen MR) is 98.9 cm³/mol. The highest BCUT2D eigenvalue weighted by Gasteiger charge is 2.46. The summed E-state index contributed by atoms with van der Waals surface area (Å²) in [6.45, 7) is 6.09. The molecule has 26 heavy (non-hydrogen) atoms. The van der Waals surface area contributed by atoms with Gasteiger partial charge in [0.05, 0.1) is 0 Å². The number of piperidine rings is 2. The van der Waals surface area contributed by atoms with Crippen molar-refractivity contribution in [3.05, 3.63) is 24.3 Å². The molecule has 0 saturated carbocycles. The van der Waals surface area contributed by atoms with Crippen molar-refractivity contribution in [2.75, 3.05) is 29.4 Å². The third-order valence-corrected chi connectivity index (χ3v) is 6.25. The Balaban J connectivity index is 1.53. The zero-order valence-electron chi connectivity index (χ0n) is 15.5. The van der Waals surface area contributed by atoms with E-state index in [2.05, 4.69) is 36.2 Å². The minimum absolute atomic E-state index is 0.0687. The number of halogens is 2. The van der Waals surface area contributed by atoms with Crippen molar-refractivity contribution in [2.45, 2.75) is 57.5 Å². The van der Waals surface area contributed by atoms with Gasteiger partial charge in [0.25, 0.3) is 5.92 Å². The number of hydrogen-bond donors (Lipinski definition) is 1. The summed E-state index contributed by atoms with van der Waals surface area (Å²) in [5, 5.41) is 3.14. The van der Waals surface area contributed by atoms with E-state index in [1.165, 1.54) is 0 Å². The van der Waals surface area contributed by atoms with Gasteiger partial charge in [-0.15, -0.1) is 0 Å². The maximum absolute atomic E-state index is 13.4. The molecule has 1 amide bonds. The van der Waals surface area contributed by atoms with E-state index in [1.807, 2.05) is 17.0 Å². The van der Waals surface area contributed by atoms with E-state index >= 15 is 0 Å². The molecule has 1 N–H and O–H groups in total. The highest BCUT2D eigenvalue weighted by molar-refractivity contribution is 5.79. The minimum Gasteiger partial charge on any atom is -0.371 e. The summed E-state index contributed by atoms with van der Waals surface area (Å²) in [5.41, 5.74) is 2.17. The fourth-order valence-electron chi connectivity index (χ4n) is 4.80. The fraction of sp³-hybridized carbons (Fsp3) is 0.650. The molecule has 4 nitrogen and oxygen atoms in total. The number of nitrogens with zero attached hydrogens (tertiary/aromatic N) is 2. The summed E-state index contributed by atoms with van der Waals surface area (Å²) < 4.78 is 26.7. The lowest BCUT2D eigenvalue weighted by atomic mass is 9.74. The van der Waals surface area contributed by atoms with E-state index in [9.17, 15) is 13.6 Å². The van der Waals surface area contributed by atoms with Gasteiger partial charge in [-0.05, 0) is 36.1 Å². The molecule has 1 aromatic carbocycles. The molecular weight excluding hydrogens is 336 g/mol. The zero-order valence-corrected chi connectivity index (χ0v) is 15.5. The van der Waals surface area contributed by atoms with Crippen LogP contribution >= 0.6 is 0 Å². The molecule has 0 spiro atoms. The number of benzene rings is 1. The van der Waals surface area contributed by atoms with Crippen molar-refractivity contribution in [1.29, 1.82) is 0 Å². The third-order valence-electron chi connectivity index (χ3n) is 6.25. The highest BCUT2D eigenvalue weighted by atomic mass is 19.3. The normalized spacial score (nSPS) is 30.1. The molecule has 0 radical (unpaired) electrons. The van der Waals surface area contributed by atoms with E-state index in [-0.39, 0.29) is 36.2 Å². The zero-order chi connectivity index (χ0) is 18.5. The molecule has 4 aliphatic heterocycles. The second-order valence-electron chi connectivity index (χ2n) is 8.69. The molecule has 0 unspecified atom stereocenters. The number of alkyl halides is 2. The second-order valence-corrected chi connectivity index (χ2v) is 8.69. The van der Waals surface area contributed by atoms with Gasteiger partial charge in [-0.25, -0.2) is 8.78 Å². The Hall–Kier alpha value is -1.85. The van der Waals surface area contributed by atoms with E-state index in [4.69, 9.17) is 0 Å². The topological polar surface area (TPSA) is 35.6 Å². The van der Waals surface area contributed by atoms with Gasteiger partial charge >= 0.3 is 0 Å². The van der Waals surface area contributed by atoms with Crippen molar-refractivity contribution < 1.29 is 13.6 Å². The van der Waals surface area contributed by atoms with Crippen LogP contribution < -0.4 is 15.1 Å². The average Bonchev–Trinajstić information content (AvgIpc) is 2.79. The quantitative estimate of drug-likeness (QED) is 0.875. The molecule has 0 aliphatic carbocycles. The van der Waals surface area contributed by atoms with Crippen molar-refractivity contribution in [3.63, 3.8) is 0 Å². The number of hydrogen-bond acceptors (Lipinski definition) is 3. The summed E-state index contributed by atoms with van der Waals surface area (Å²) in [6.07, 6.45) is 1.37. The van der Waals surface area contributed by atoms with Crippen LogP contribution in [0.5, 0.6) is 0 Å². The molecule has 142 valence electrons. The Kier molecular flexibility index (Phi) is 4.12. The van der Waals surface area contributed by atoms with Crippen LogP contribution in [0.3, 0.4) is 0 Å². The van der Waals surface area contributed by atoms with Gasteiger partial charge in [-0.3, -0.25) is 4.79 Å². The maximum Gasteiger partial charge on any atom is 0.251 e. The maximum atomic E-state index is 13.4. The largest absolute Gasteiger partial charge is 0.371 e. The molecule has 1 aromatic rings. The van der Waals surface area contributed by atoms with Crippen LogP contribution in [0.15, 0.2) is 24.3 Å². The first kappa shape index (κ1) is 17.6. The lowest BCUT2D eigenvalue weighted by molar-refractivity contribution is -0.121. The lowest BCUT2D eigenvalue weighted by Gasteiger charge is -2.48. The minimum atomic E-state index is -2.52. The van der Waals surface area contributed by atoms with Crippen LogP contribution in [0.1, 0.15) is 39.5 Å². The SMILES string of the molecule is CC1(C)C[C@H]2CN(c3ccc(N4CCC(F)(F)CC4)cc3)[C@@H]1CC(=O)N2. The van der Waals surface area contributed by atoms with E-state index in [0.29, 0.717) is 19.5 Å². The van der Waals surface area contributed by atoms with E-state index in [1.54, 1.807) is 0 Å². The molecule has 4 fully saturated rings. The summed E-state index contributed by atoms with van der Waals surface area (Å²) in [5.74, 6) is -2.38. The van der Waals surface area contributed by atoms with Gasteiger partial charge < -0.3 is 15.1 Å². The van der Waals surface area contributed by atoms with Gasteiger partial charge in [-0.2, -0.15) is 0 Å². The van der Waals surface area contributed by atoms with Gasteiger partial charge in [0.15, 0.2) is 0 Å². The average molecular weight is 363 g/mol. The summed E-state index contributed by atoms with van der Waals surface area (Å²) >= 11 is 0. The molecule has 4 heterocycles. The summed E-state index contributed by atoms with van der Waals surface area (Å²) in [7, 11) is 0. The van der Waals surface area contributed by atoms with Crippen molar-refractivity contribution in [2.24, 2.45) is 5.41 Å². The van der Waals surface area contributed by atoms with Crippen LogP contribution in [0.2, 0.25) is 0 Å². The van der Waals surface area contributed by atoms with Gasteiger partial charge in [0.2, 0.25) is 5.91 Å². The third kappa shape index (κ3) is 3.26. The lowest BCUT2D eigenvalue weighted by Crippen LogP contribution is -2.54. The van der Waals surface area contributed by atoms with Gasteiger partial charge in [0, 0.05) is 62.4 Å². The Labute approximate surface area is 153 Å². The molecule has 2 atom stereocenters. The molecule has 0 aromatic heterocycles. The van der Waals surface area contributed by atoms with Gasteiger partial charge in [0.1, 0.15) is 0 Å². The van der Waals surface area contributed by atoms with Crippen LogP contribution in [0.25, 0.3) is 0 Å². The van der Waals surface area contributed by atoms with Crippen molar-refractivity contribution >= 4 is 17.3 Å². The number of carbonyl (C=O) groups excluding carboxylic acids is 1. The van der Waals surface area contributed by atoms with Crippen LogP contribution in [-0.4, -0.2) is 43.5 Å². The van der Waals surface area contributed by atoms with E-state index < -0.39 is 5.92 Å². The predicted octanol–water partition coefficient (Wildman–Crippen LogP) is 3.42. The van der Waals surface area contributed by atoms with Crippen molar-refractivity contribution in [1.82, 2.24) is 5.32 Å². The van der Waals surface area contributed by atoms with Crippen LogP contribution in [-0.2, 0) is 4.79 Å².